The van der Waals surface area contributed by atoms with Gasteiger partial charge in [0.15, 0.2) is 0 Å². The first kappa shape index (κ1) is 9.81. The van der Waals surface area contributed by atoms with E-state index in [2.05, 4.69) is 16.7 Å². The lowest BCUT2D eigenvalue weighted by Gasteiger charge is -2.36. The van der Waals surface area contributed by atoms with Crippen LogP contribution in [0.5, 0.6) is 0 Å². The minimum absolute atomic E-state index is 0.777. The summed E-state index contributed by atoms with van der Waals surface area (Å²) in [5.74, 6) is 3.51. The molecule has 0 amide bonds. The average Bonchev–Trinajstić information content (AvgIpc) is 2.71. The number of likely N-dealkylation sites (tertiary alicyclic amines) is 1. The summed E-state index contributed by atoms with van der Waals surface area (Å²) < 4.78 is 0. The summed E-state index contributed by atoms with van der Waals surface area (Å²) in [6.07, 6.45) is 4.12. The van der Waals surface area contributed by atoms with Crippen LogP contribution in [0.2, 0.25) is 0 Å². The number of hydrogen-bond acceptors (Lipinski definition) is 3. The number of nitrogens with two attached hydrogens (primary N) is 1. The van der Waals surface area contributed by atoms with E-state index in [1.54, 1.807) is 0 Å². The molecule has 0 aliphatic carbocycles. The molecule has 0 radical (unpaired) electrons. The highest BCUT2D eigenvalue weighted by molar-refractivity contribution is 7.99. The van der Waals surface area contributed by atoms with Crippen molar-refractivity contribution in [3.05, 3.63) is 0 Å². The molecule has 3 heteroatoms. The molecule has 2 aliphatic heterocycles. The molecule has 2 aliphatic rings. The number of nitrogens with zero attached hydrogens (tertiary/aromatic N) is 1. The first-order chi connectivity index (χ1) is 6.40. The SMILES string of the molecule is NCC1CCCN(C2CCSC2)C1. The van der Waals surface area contributed by atoms with Crippen molar-refractivity contribution in [2.45, 2.75) is 25.3 Å². The Labute approximate surface area is 85.2 Å². The topological polar surface area (TPSA) is 29.3 Å². The Balaban J connectivity index is 1.84. The van der Waals surface area contributed by atoms with Crippen molar-refractivity contribution in [2.75, 3.05) is 31.1 Å². The van der Waals surface area contributed by atoms with Gasteiger partial charge in [-0.25, -0.2) is 0 Å². The molecule has 2 unspecified atom stereocenters. The minimum atomic E-state index is 0.777. The van der Waals surface area contributed by atoms with Crippen LogP contribution < -0.4 is 5.73 Å². The van der Waals surface area contributed by atoms with Crippen molar-refractivity contribution in [3.8, 4) is 0 Å². The van der Waals surface area contributed by atoms with E-state index in [0.29, 0.717) is 0 Å². The highest BCUT2D eigenvalue weighted by atomic mass is 32.2. The summed E-state index contributed by atoms with van der Waals surface area (Å²) in [6, 6.07) is 0.874. The Morgan fingerprint density at radius 3 is 3.00 bits per heavy atom. The fraction of sp³-hybridized carbons (Fsp3) is 1.00. The van der Waals surface area contributed by atoms with Crippen molar-refractivity contribution in [1.29, 1.82) is 0 Å². The van der Waals surface area contributed by atoms with Crippen molar-refractivity contribution >= 4 is 11.8 Å². The van der Waals surface area contributed by atoms with Gasteiger partial charge in [0.05, 0.1) is 0 Å². The van der Waals surface area contributed by atoms with Gasteiger partial charge in [-0.3, -0.25) is 4.90 Å². The van der Waals surface area contributed by atoms with Crippen molar-refractivity contribution in [3.63, 3.8) is 0 Å². The minimum Gasteiger partial charge on any atom is -0.330 e. The van der Waals surface area contributed by atoms with Gasteiger partial charge in [0.1, 0.15) is 0 Å². The molecule has 0 spiro atoms. The van der Waals surface area contributed by atoms with E-state index in [4.69, 9.17) is 5.73 Å². The molecule has 2 fully saturated rings. The third-order valence-corrected chi connectivity index (χ3v) is 4.45. The predicted octanol–water partition coefficient (Wildman–Crippen LogP) is 1.16. The number of piperidine rings is 1. The Morgan fingerprint density at radius 2 is 2.31 bits per heavy atom. The van der Waals surface area contributed by atoms with E-state index in [1.165, 1.54) is 43.9 Å². The Hall–Kier alpha value is 0.270. The van der Waals surface area contributed by atoms with Gasteiger partial charge in [0, 0.05) is 18.3 Å². The van der Waals surface area contributed by atoms with E-state index < -0.39 is 0 Å². The molecule has 0 aromatic carbocycles. The summed E-state index contributed by atoms with van der Waals surface area (Å²) in [5, 5.41) is 0. The Morgan fingerprint density at radius 1 is 1.38 bits per heavy atom. The number of rotatable bonds is 2. The maximum atomic E-state index is 5.73. The van der Waals surface area contributed by atoms with Crippen LogP contribution in [-0.4, -0.2) is 42.1 Å². The maximum absolute atomic E-state index is 5.73. The fourth-order valence-electron chi connectivity index (χ4n) is 2.43. The van der Waals surface area contributed by atoms with Gasteiger partial charge < -0.3 is 5.73 Å². The average molecular weight is 200 g/mol. The third-order valence-electron chi connectivity index (χ3n) is 3.31. The first-order valence-corrected chi connectivity index (χ1v) is 6.57. The van der Waals surface area contributed by atoms with Gasteiger partial charge in [0.2, 0.25) is 0 Å². The molecule has 2 atom stereocenters. The summed E-state index contributed by atoms with van der Waals surface area (Å²) in [5.41, 5.74) is 5.73. The van der Waals surface area contributed by atoms with Gasteiger partial charge in [-0.05, 0) is 44.0 Å². The van der Waals surface area contributed by atoms with E-state index in [-0.39, 0.29) is 0 Å². The summed E-state index contributed by atoms with van der Waals surface area (Å²) >= 11 is 2.11. The summed E-state index contributed by atoms with van der Waals surface area (Å²) in [6.45, 7) is 3.47. The lowest BCUT2D eigenvalue weighted by Crippen LogP contribution is -2.44. The van der Waals surface area contributed by atoms with Gasteiger partial charge in [-0.2, -0.15) is 11.8 Å². The van der Waals surface area contributed by atoms with Crippen LogP contribution >= 0.6 is 11.8 Å². The van der Waals surface area contributed by atoms with Crippen LogP contribution in [0.3, 0.4) is 0 Å². The molecule has 0 aromatic rings. The van der Waals surface area contributed by atoms with Gasteiger partial charge in [-0.15, -0.1) is 0 Å². The number of hydrogen-bond donors (Lipinski definition) is 1. The van der Waals surface area contributed by atoms with Crippen molar-refractivity contribution < 1.29 is 0 Å². The van der Waals surface area contributed by atoms with Gasteiger partial charge >= 0.3 is 0 Å². The quantitative estimate of drug-likeness (QED) is 0.725. The van der Waals surface area contributed by atoms with Crippen molar-refractivity contribution in [2.24, 2.45) is 11.7 Å². The Bertz CT molecular complexity index is 157. The molecule has 0 bridgehead atoms. The molecule has 0 saturated carbocycles. The second-order valence-electron chi connectivity index (χ2n) is 4.26. The van der Waals surface area contributed by atoms with Crippen LogP contribution in [0.25, 0.3) is 0 Å². The van der Waals surface area contributed by atoms with E-state index in [0.717, 1.165) is 18.5 Å². The zero-order valence-corrected chi connectivity index (χ0v) is 9.06. The van der Waals surface area contributed by atoms with Crippen LogP contribution in [0.15, 0.2) is 0 Å². The van der Waals surface area contributed by atoms with Crippen LogP contribution in [-0.2, 0) is 0 Å². The molecular formula is C10H20N2S. The highest BCUT2D eigenvalue weighted by Gasteiger charge is 2.27. The van der Waals surface area contributed by atoms with E-state index >= 15 is 0 Å². The summed E-state index contributed by atoms with van der Waals surface area (Å²) in [4.78, 5) is 2.68. The highest BCUT2D eigenvalue weighted by Crippen LogP contribution is 2.26. The maximum Gasteiger partial charge on any atom is 0.0194 e. The Kier molecular flexibility index (Phi) is 3.52. The smallest absolute Gasteiger partial charge is 0.0194 e. The second-order valence-corrected chi connectivity index (χ2v) is 5.41. The molecule has 2 nitrogen and oxygen atoms in total. The molecule has 0 aromatic heterocycles. The predicted molar refractivity (Wildman–Crippen MR) is 59.1 cm³/mol. The molecule has 13 heavy (non-hydrogen) atoms. The number of thioether (sulfide) groups is 1. The summed E-state index contributed by atoms with van der Waals surface area (Å²) in [7, 11) is 0. The monoisotopic (exact) mass is 200 g/mol. The van der Waals surface area contributed by atoms with Crippen LogP contribution in [0, 0.1) is 5.92 Å². The zero-order valence-electron chi connectivity index (χ0n) is 8.24. The van der Waals surface area contributed by atoms with Gasteiger partial charge in [0.25, 0.3) is 0 Å². The molecule has 2 N–H and O–H groups in total. The van der Waals surface area contributed by atoms with Crippen molar-refractivity contribution in [1.82, 2.24) is 4.90 Å². The molecule has 76 valence electrons. The standard InChI is InChI=1S/C10H20N2S/c11-6-9-2-1-4-12(7-9)10-3-5-13-8-10/h9-10H,1-8,11H2. The van der Waals surface area contributed by atoms with E-state index in [9.17, 15) is 0 Å². The third kappa shape index (κ3) is 2.39. The lowest BCUT2D eigenvalue weighted by atomic mass is 9.97. The van der Waals surface area contributed by atoms with E-state index in [1.807, 2.05) is 0 Å². The molecule has 2 rings (SSSR count). The fourth-order valence-corrected chi connectivity index (χ4v) is 3.69. The largest absolute Gasteiger partial charge is 0.330 e. The first-order valence-electron chi connectivity index (χ1n) is 5.42. The normalized spacial score (nSPS) is 36.7. The van der Waals surface area contributed by atoms with Crippen LogP contribution in [0.1, 0.15) is 19.3 Å². The molecular weight excluding hydrogens is 180 g/mol. The van der Waals surface area contributed by atoms with Crippen LogP contribution in [0.4, 0.5) is 0 Å². The molecule has 2 heterocycles. The zero-order chi connectivity index (χ0) is 9.10. The van der Waals surface area contributed by atoms with Gasteiger partial charge in [-0.1, -0.05) is 0 Å². The lowest BCUT2D eigenvalue weighted by molar-refractivity contribution is 0.137. The molecule has 2 saturated heterocycles. The second kappa shape index (κ2) is 4.67.